The molecule has 86 valence electrons. The van der Waals surface area contributed by atoms with Gasteiger partial charge in [0.05, 0.1) is 4.90 Å². The number of hydrogen-bond donors (Lipinski definition) is 1. The number of rotatable bonds is 1. The van der Waals surface area contributed by atoms with Crippen LogP contribution in [-0.2, 0) is 11.0 Å². The molecule has 0 fully saturated rings. The Labute approximate surface area is 103 Å². The van der Waals surface area contributed by atoms with Crippen LogP contribution in [0.15, 0.2) is 41.3 Å². The Balaban J connectivity index is 0.000000606. The normalized spacial score (nSPS) is 11.8. The number of benzene rings is 2. The van der Waals surface area contributed by atoms with Crippen molar-refractivity contribution in [1.29, 1.82) is 0 Å². The van der Waals surface area contributed by atoms with Gasteiger partial charge in [-0.1, -0.05) is 43.6 Å². The molecule has 0 bridgehead atoms. The van der Waals surface area contributed by atoms with Gasteiger partial charge in [0.15, 0.2) is 0 Å². The minimum atomic E-state index is -1.43. The van der Waals surface area contributed by atoms with Gasteiger partial charge in [0.2, 0.25) is 0 Å². The summed E-state index contributed by atoms with van der Waals surface area (Å²) in [4.78, 5) is 0.611. The summed E-state index contributed by atoms with van der Waals surface area (Å²) < 4.78 is 11.0. The average Bonchev–Trinajstić information content (AvgIpc) is 2.31. The third-order valence-corrected chi connectivity index (χ3v) is 3.08. The molecule has 16 heavy (non-hydrogen) atoms. The first-order chi connectivity index (χ1) is 7.68. The van der Waals surface area contributed by atoms with Crippen molar-refractivity contribution in [3.05, 3.63) is 41.4 Å². The Bertz CT molecular complexity index is 513. The van der Waals surface area contributed by atoms with Crippen molar-refractivity contribution in [2.75, 3.05) is 0 Å². The molecule has 4 heteroatoms. The van der Waals surface area contributed by atoms with Crippen LogP contribution >= 0.6 is 11.6 Å². The Morgan fingerprint density at radius 1 is 1.19 bits per heavy atom. The van der Waals surface area contributed by atoms with Gasteiger partial charge in [0.1, 0.15) is 11.0 Å². The second-order valence-electron chi connectivity index (χ2n) is 2.92. The van der Waals surface area contributed by atoms with Crippen LogP contribution < -0.4 is 5.14 Å². The smallest absolute Gasteiger partial charge is 0.122 e. The molecule has 0 saturated heterocycles. The second kappa shape index (κ2) is 5.99. The van der Waals surface area contributed by atoms with Crippen LogP contribution in [0, 0.1) is 0 Å². The summed E-state index contributed by atoms with van der Waals surface area (Å²) in [7, 11) is -1.43. The summed E-state index contributed by atoms with van der Waals surface area (Å²) in [5.74, 6) is 0. The van der Waals surface area contributed by atoms with Gasteiger partial charge in [-0.3, -0.25) is 0 Å². The lowest BCUT2D eigenvalue weighted by Crippen LogP contribution is -2.01. The Kier molecular flexibility index (Phi) is 4.93. The van der Waals surface area contributed by atoms with Gasteiger partial charge >= 0.3 is 0 Å². The molecule has 1 unspecified atom stereocenters. The molecular weight excluding hydrogens is 242 g/mol. The van der Waals surface area contributed by atoms with Crippen molar-refractivity contribution in [1.82, 2.24) is 0 Å². The van der Waals surface area contributed by atoms with Crippen LogP contribution in [-0.4, -0.2) is 4.21 Å². The van der Waals surface area contributed by atoms with Gasteiger partial charge in [-0.2, -0.15) is 0 Å². The molecule has 2 N–H and O–H groups in total. The van der Waals surface area contributed by atoms with E-state index < -0.39 is 11.0 Å². The molecule has 0 radical (unpaired) electrons. The third kappa shape index (κ3) is 2.82. The van der Waals surface area contributed by atoms with E-state index >= 15 is 0 Å². The molecular formula is C12H14ClNOS. The first kappa shape index (κ1) is 13.2. The lowest BCUT2D eigenvalue weighted by atomic mass is 10.1. The van der Waals surface area contributed by atoms with E-state index in [9.17, 15) is 4.21 Å². The van der Waals surface area contributed by atoms with E-state index in [2.05, 4.69) is 0 Å². The van der Waals surface area contributed by atoms with Crippen LogP contribution in [0.5, 0.6) is 0 Å². The molecule has 0 aromatic heterocycles. The highest BCUT2D eigenvalue weighted by Gasteiger charge is 2.02. The van der Waals surface area contributed by atoms with Gasteiger partial charge in [-0.05, 0) is 23.6 Å². The fourth-order valence-electron chi connectivity index (χ4n) is 1.35. The highest BCUT2D eigenvalue weighted by Crippen LogP contribution is 2.24. The lowest BCUT2D eigenvalue weighted by molar-refractivity contribution is 0.684. The minimum absolute atomic E-state index is 0.611. The van der Waals surface area contributed by atoms with E-state index in [-0.39, 0.29) is 0 Å². The van der Waals surface area contributed by atoms with Crippen molar-refractivity contribution >= 4 is 33.4 Å². The van der Waals surface area contributed by atoms with Gasteiger partial charge in [-0.25, -0.2) is 9.35 Å². The highest BCUT2D eigenvalue weighted by atomic mass is 35.5. The zero-order valence-electron chi connectivity index (χ0n) is 9.24. The maximum absolute atomic E-state index is 11.0. The predicted molar refractivity (Wildman–Crippen MR) is 70.9 cm³/mol. The number of nitrogens with two attached hydrogens (primary N) is 1. The highest BCUT2D eigenvalue weighted by molar-refractivity contribution is 7.82. The Morgan fingerprint density at radius 2 is 1.88 bits per heavy atom. The summed E-state index contributed by atoms with van der Waals surface area (Å²) in [6.07, 6.45) is 0. The van der Waals surface area contributed by atoms with Crippen LogP contribution in [0.4, 0.5) is 0 Å². The zero-order valence-corrected chi connectivity index (χ0v) is 10.8. The molecule has 0 spiro atoms. The van der Waals surface area contributed by atoms with Crippen LogP contribution in [0.1, 0.15) is 13.8 Å². The van der Waals surface area contributed by atoms with E-state index in [0.29, 0.717) is 9.92 Å². The van der Waals surface area contributed by atoms with Crippen LogP contribution in [0.2, 0.25) is 5.02 Å². The lowest BCUT2D eigenvalue weighted by Gasteiger charge is -2.01. The molecule has 2 rings (SSSR count). The largest absolute Gasteiger partial charge is 0.248 e. The van der Waals surface area contributed by atoms with E-state index in [1.807, 2.05) is 38.1 Å². The molecule has 0 heterocycles. The summed E-state index contributed by atoms with van der Waals surface area (Å²) in [6, 6.07) is 10.9. The van der Waals surface area contributed by atoms with Gasteiger partial charge < -0.3 is 0 Å². The van der Waals surface area contributed by atoms with Gasteiger partial charge in [0, 0.05) is 10.4 Å². The van der Waals surface area contributed by atoms with E-state index in [0.717, 1.165) is 10.8 Å². The van der Waals surface area contributed by atoms with E-state index in [4.69, 9.17) is 16.7 Å². The second-order valence-corrected chi connectivity index (χ2v) is 4.39. The Hall–Kier alpha value is -0.900. The fourth-order valence-corrected chi connectivity index (χ4v) is 2.04. The Morgan fingerprint density at radius 3 is 2.50 bits per heavy atom. The average molecular weight is 256 g/mol. The van der Waals surface area contributed by atoms with Crippen molar-refractivity contribution < 1.29 is 4.21 Å². The topological polar surface area (TPSA) is 43.1 Å². The summed E-state index contributed by atoms with van der Waals surface area (Å²) in [5, 5.41) is 7.87. The molecule has 0 saturated carbocycles. The standard InChI is InChI=1S/C10H8ClNOS.C2H6/c11-10-3-1-2-7-6-8(14(12)13)4-5-9(7)10;1-2/h1-6H,12H2;1-2H3. The third-order valence-electron chi connectivity index (χ3n) is 2.03. The first-order valence-corrected chi connectivity index (χ1v) is 6.62. The van der Waals surface area contributed by atoms with Crippen LogP contribution in [0.25, 0.3) is 10.8 Å². The number of halogens is 1. The predicted octanol–water partition coefficient (Wildman–Crippen LogP) is 3.50. The van der Waals surface area contributed by atoms with E-state index in [1.165, 1.54) is 0 Å². The van der Waals surface area contributed by atoms with Gasteiger partial charge in [-0.15, -0.1) is 0 Å². The molecule has 2 nitrogen and oxygen atoms in total. The van der Waals surface area contributed by atoms with Crippen molar-refractivity contribution in [3.63, 3.8) is 0 Å². The van der Waals surface area contributed by atoms with E-state index in [1.54, 1.807) is 12.1 Å². The zero-order chi connectivity index (χ0) is 12.1. The first-order valence-electron chi connectivity index (χ1n) is 5.03. The molecule has 2 aromatic carbocycles. The number of hydrogen-bond acceptors (Lipinski definition) is 1. The van der Waals surface area contributed by atoms with Crippen LogP contribution in [0.3, 0.4) is 0 Å². The van der Waals surface area contributed by atoms with Crippen molar-refractivity contribution in [2.24, 2.45) is 5.14 Å². The monoisotopic (exact) mass is 255 g/mol. The number of fused-ring (bicyclic) bond motifs is 1. The molecule has 0 aliphatic carbocycles. The quantitative estimate of drug-likeness (QED) is 0.833. The fraction of sp³-hybridized carbons (Fsp3) is 0.167. The maximum atomic E-state index is 11.0. The molecule has 2 aromatic rings. The van der Waals surface area contributed by atoms with Crippen molar-refractivity contribution in [3.8, 4) is 0 Å². The molecule has 0 amide bonds. The summed E-state index contributed by atoms with van der Waals surface area (Å²) in [6.45, 7) is 4.00. The summed E-state index contributed by atoms with van der Waals surface area (Å²) >= 11 is 5.98. The molecule has 1 atom stereocenters. The SMILES string of the molecule is CC.NS(=O)c1ccc2c(Cl)cccc2c1. The van der Waals surface area contributed by atoms with Gasteiger partial charge in [0.25, 0.3) is 0 Å². The van der Waals surface area contributed by atoms with Crippen molar-refractivity contribution in [2.45, 2.75) is 18.7 Å². The summed E-state index contributed by atoms with van der Waals surface area (Å²) in [5.41, 5.74) is 0. The molecule has 0 aliphatic rings. The minimum Gasteiger partial charge on any atom is -0.248 e. The maximum Gasteiger partial charge on any atom is 0.122 e. The molecule has 0 aliphatic heterocycles.